The minimum Gasteiger partial charge on any atom is -0.462 e. The summed E-state index contributed by atoms with van der Waals surface area (Å²) in [4.78, 5) is 37.4. The van der Waals surface area contributed by atoms with Gasteiger partial charge in [0, 0.05) is 11.4 Å². The molecule has 0 saturated carbocycles. The summed E-state index contributed by atoms with van der Waals surface area (Å²) in [6.45, 7) is 3.88. The number of carbonyl (C=O) groups is 3. The maximum Gasteiger partial charge on any atom is 0.350 e. The first-order valence-corrected chi connectivity index (χ1v) is 10.8. The number of hydrogen-bond acceptors (Lipinski definition) is 8. The zero-order chi connectivity index (χ0) is 23.1. The van der Waals surface area contributed by atoms with Gasteiger partial charge in [-0.2, -0.15) is 0 Å². The van der Waals surface area contributed by atoms with E-state index in [1.807, 2.05) is 30.3 Å². The van der Waals surface area contributed by atoms with Gasteiger partial charge in [0.15, 0.2) is 0 Å². The van der Waals surface area contributed by atoms with Crippen LogP contribution in [0.25, 0.3) is 0 Å². The zero-order valence-corrected chi connectivity index (χ0v) is 18.5. The van der Waals surface area contributed by atoms with E-state index in [1.54, 1.807) is 38.1 Å². The van der Waals surface area contributed by atoms with Gasteiger partial charge in [0.2, 0.25) is 0 Å². The van der Waals surface area contributed by atoms with Gasteiger partial charge in [0.25, 0.3) is 5.91 Å². The van der Waals surface area contributed by atoms with Crippen LogP contribution < -0.4 is 16.4 Å². The molecule has 0 aliphatic heterocycles. The maximum absolute atomic E-state index is 13.1. The van der Waals surface area contributed by atoms with Crippen molar-refractivity contribution < 1.29 is 23.9 Å². The Hall–Kier alpha value is -3.85. The van der Waals surface area contributed by atoms with E-state index in [0.717, 1.165) is 17.0 Å². The molecule has 0 radical (unpaired) electrons. The largest absolute Gasteiger partial charge is 0.462 e. The van der Waals surface area contributed by atoms with Gasteiger partial charge in [-0.1, -0.05) is 18.2 Å². The fourth-order valence-electron chi connectivity index (χ4n) is 2.86. The summed E-state index contributed by atoms with van der Waals surface area (Å²) in [6.07, 6.45) is 0. The molecule has 9 heteroatoms. The first-order valence-electron chi connectivity index (χ1n) is 9.94. The number of ether oxygens (including phenoxy) is 2. The highest BCUT2D eigenvalue weighted by Gasteiger charge is 2.26. The number of amides is 1. The van der Waals surface area contributed by atoms with Crippen LogP contribution >= 0.6 is 11.3 Å². The van der Waals surface area contributed by atoms with Gasteiger partial charge in [-0.05, 0) is 50.2 Å². The Morgan fingerprint density at radius 1 is 0.875 bits per heavy atom. The highest BCUT2D eigenvalue weighted by atomic mass is 32.1. The predicted molar refractivity (Wildman–Crippen MR) is 125 cm³/mol. The molecular weight excluding hydrogens is 430 g/mol. The van der Waals surface area contributed by atoms with Gasteiger partial charge in [-0.25, -0.2) is 9.59 Å². The van der Waals surface area contributed by atoms with E-state index in [0.29, 0.717) is 16.3 Å². The van der Waals surface area contributed by atoms with Crippen molar-refractivity contribution in [2.75, 3.05) is 29.6 Å². The Bertz CT molecular complexity index is 1110. The molecule has 0 saturated heterocycles. The fourth-order valence-corrected chi connectivity index (χ4v) is 3.89. The van der Waals surface area contributed by atoms with Crippen molar-refractivity contribution in [3.05, 3.63) is 70.6 Å². The summed E-state index contributed by atoms with van der Waals surface area (Å²) in [5, 5.41) is 6.31. The van der Waals surface area contributed by atoms with Gasteiger partial charge in [-0.3, -0.25) is 4.79 Å². The number of nitrogens with one attached hydrogen (secondary N) is 2. The lowest BCUT2D eigenvalue weighted by Gasteiger charge is -2.10. The zero-order valence-electron chi connectivity index (χ0n) is 17.6. The summed E-state index contributed by atoms with van der Waals surface area (Å²) in [7, 11) is 0. The standard InChI is InChI=1S/C23H23N3O5S/c1-3-30-22(28)14-10-12-16(13-11-14)25-20(27)17-18(24)19(23(29)31-4-2)32-21(17)26-15-8-6-5-7-9-15/h5-13,26H,3-4,24H2,1-2H3,(H,25,27). The van der Waals surface area contributed by atoms with E-state index in [2.05, 4.69) is 10.6 Å². The van der Waals surface area contributed by atoms with Gasteiger partial charge in [0.1, 0.15) is 9.88 Å². The van der Waals surface area contributed by atoms with Gasteiger partial charge in [0.05, 0.1) is 30.0 Å². The number of nitrogen functional groups attached to an aromatic ring is 1. The molecule has 0 unspecified atom stereocenters. The summed E-state index contributed by atoms with van der Waals surface area (Å²) in [5.74, 6) is -1.54. The van der Waals surface area contributed by atoms with Gasteiger partial charge in [-0.15, -0.1) is 11.3 Å². The molecule has 0 aliphatic carbocycles. The number of benzene rings is 2. The topological polar surface area (TPSA) is 120 Å². The Labute approximate surface area is 189 Å². The third kappa shape index (κ3) is 5.25. The van der Waals surface area contributed by atoms with Crippen LogP contribution in [0.1, 0.15) is 44.2 Å². The first kappa shape index (κ1) is 22.8. The highest BCUT2D eigenvalue weighted by Crippen LogP contribution is 2.38. The van der Waals surface area contributed by atoms with Crippen LogP contribution in [0.15, 0.2) is 54.6 Å². The fraction of sp³-hybridized carbons (Fsp3) is 0.174. The number of anilines is 4. The van der Waals surface area contributed by atoms with Gasteiger partial charge >= 0.3 is 11.9 Å². The van der Waals surface area contributed by atoms with Crippen LogP contribution in [0.3, 0.4) is 0 Å². The Morgan fingerprint density at radius 2 is 1.50 bits per heavy atom. The molecule has 1 aromatic heterocycles. The monoisotopic (exact) mass is 453 g/mol. The molecule has 4 N–H and O–H groups in total. The number of esters is 2. The Morgan fingerprint density at radius 3 is 2.12 bits per heavy atom. The molecule has 0 aliphatic rings. The van der Waals surface area contributed by atoms with E-state index >= 15 is 0 Å². The van der Waals surface area contributed by atoms with Crippen molar-refractivity contribution >= 4 is 51.2 Å². The number of nitrogens with two attached hydrogens (primary N) is 1. The molecule has 1 amide bonds. The molecule has 0 fully saturated rings. The molecule has 0 atom stereocenters. The van der Waals surface area contributed by atoms with E-state index in [1.165, 1.54) is 0 Å². The minimum atomic E-state index is -0.594. The number of rotatable bonds is 8. The van der Waals surface area contributed by atoms with Crippen LogP contribution in [0.5, 0.6) is 0 Å². The quantitative estimate of drug-likeness (QED) is 0.424. The molecule has 8 nitrogen and oxygen atoms in total. The van der Waals surface area contributed by atoms with Crippen molar-refractivity contribution in [1.29, 1.82) is 0 Å². The van der Waals surface area contributed by atoms with E-state index in [9.17, 15) is 14.4 Å². The van der Waals surface area contributed by atoms with Crippen molar-refractivity contribution in [2.24, 2.45) is 0 Å². The molecule has 0 bridgehead atoms. The lowest BCUT2D eigenvalue weighted by Crippen LogP contribution is -2.15. The second-order valence-corrected chi connectivity index (χ2v) is 7.53. The first-order chi connectivity index (χ1) is 15.4. The molecule has 166 valence electrons. The van der Waals surface area contributed by atoms with Crippen LogP contribution in [-0.4, -0.2) is 31.1 Å². The molecule has 32 heavy (non-hydrogen) atoms. The van der Waals surface area contributed by atoms with E-state index in [4.69, 9.17) is 15.2 Å². The summed E-state index contributed by atoms with van der Waals surface area (Å²) in [6, 6.07) is 15.5. The molecule has 2 aromatic carbocycles. The third-order valence-corrected chi connectivity index (χ3v) is 5.42. The van der Waals surface area contributed by atoms with E-state index < -0.39 is 17.8 Å². The van der Waals surface area contributed by atoms with E-state index in [-0.39, 0.29) is 29.3 Å². The second-order valence-electron chi connectivity index (χ2n) is 6.51. The lowest BCUT2D eigenvalue weighted by molar-refractivity contribution is 0.0519. The van der Waals surface area contributed by atoms with Crippen molar-refractivity contribution in [2.45, 2.75) is 13.8 Å². The average molecular weight is 454 g/mol. The smallest absolute Gasteiger partial charge is 0.350 e. The number of hydrogen-bond donors (Lipinski definition) is 3. The van der Waals surface area contributed by atoms with Gasteiger partial charge < -0.3 is 25.8 Å². The normalized spacial score (nSPS) is 10.3. The van der Waals surface area contributed by atoms with Crippen LogP contribution in [0.4, 0.5) is 22.1 Å². The highest BCUT2D eigenvalue weighted by molar-refractivity contribution is 7.19. The average Bonchev–Trinajstić information content (AvgIpc) is 3.11. The summed E-state index contributed by atoms with van der Waals surface area (Å²) >= 11 is 1.05. The van der Waals surface area contributed by atoms with Crippen LogP contribution in [0, 0.1) is 0 Å². The predicted octanol–water partition coefficient (Wildman–Crippen LogP) is 4.68. The minimum absolute atomic E-state index is 0.0347. The number of carbonyl (C=O) groups excluding carboxylic acids is 3. The van der Waals surface area contributed by atoms with Crippen LogP contribution in [-0.2, 0) is 9.47 Å². The summed E-state index contributed by atoms with van der Waals surface area (Å²) < 4.78 is 10.0. The summed E-state index contributed by atoms with van der Waals surface area (Å²) in [5.41, 5.74) is 7.92. The molecule has 1 heterocycles. The molecule has 3 aromatic rings. The Kier molecular flexibility index (Phi) is 7.45. The second kappa shape index (κ2) is 10.5. The number of thiophene rings is 1. The molecule has 3 rings (SSSR count). The van der Waals surface area contributed by atoms with Crippen molar-refractivity contribution in [3.63, 3.8) is 0 Å². The third-order valence-electron chi connectivity index (χ3n) is 4.32. The lowest BCUT2D eigenvalue weighted by atomic mass is 10.1. The SMILES string of the molecule is CCOC(=O)c1ccc(NC(=O)c2c(Nc3ccccc3)sc(C(=O)OCC)c2N)cc1. The van der Waals surface area contributed by atoms with Crippen LogP contribution in [0.2, 0.25) is 0 Å². The maximum atomic E-state index is 13.1. The van der Waals surface area contributed by atoms with Crippen molar-refractivity contribution in [3.8, 4) is 0 Å². The molecule has 0 spiro atoms. The molecular formula is C23H23N3O5S. The Balaban J connectivity index is 1.89. The number of para-hydroxylation sites is 1. The van der Waals surface area contributed by atoms with Crippen molar-refractivity contribution in [1.82, 2.24) is 0 Å².